The number of carbonyl (C=O) groups excluding carboxylic acids is 1. The molecule has 0 unspecified atom stereocenters. The van der Waals surface area contributed by atoms with Crippen molar-refractivity contribution in [1.82, 2.24) is 0 Å². The summed E-state index contributed by atoms with van der Waals surface area (Å²) in [4.78, 5) is 12.0. The van der Waals surface area contributed by atoms with Gasteiger partial charge in [-0.25, -0.2) is 0 Å². The van der Waals surface area contributed by atoms with Gasteiger partial charge < -0.3 is 10.1 Å². The Balaban J connectivity index is 1.92. The smallest absolute Gasteiger partial charge is 0.262 e. The zero-order valence-electron chi connectivity index (χ0n) is 14.3. The molecule has 2 rings (SSSR count). The number of anilines is 1. The van der Waals surface area contributed by atoms with Gasteiger partial charge in [0, 0.05) is 5.69 Å². The van der Waals surface area contributed by atoms with Gasteiger partial charge in [-0.05, 0) is 55.0 Å². The van der Waals surface area contributed by atoms with Crippen LogP contribution >= 0.6 is 0 Å². The molecule has 122 valence electrons. The van der Waals surface area contributed by atoms with E-state index in [1.807, 2.05) is 44.2 Å². The predicted octanol–water partition coefficient (Wildman–Crippen LogP) is 4.83. The van der Waals surface area contributed by atoms with Gasteiger partial charge in [-0.1, -0.05) is 44.2 Å². The maximum absolute atomic E-state index is 12.0. The molecule has 2 aromatic carbocycles. The third-order valence-corrected chi connectivity index (χ3v) is 4.13. The molecule has 3 nitrogen and oxygen atoms in total. The van der Waals surface area contributed by atoms with Crippen molar-refractivity contribution in [3.63, 3.8) is 0 Å². The third-order valence-electron chi connectivity index (χ3n) is 4.13. The average Bonchev–Trinajstić information content (AvgIpc) is 2.54. The van der Waals surface area contributed by atoms with Crippen LogP contribution in [-0.2, 0) is 4.79 Å². The van der Waals surface area contributed by atoms with Gasteiger partial charge in [-0.15, -0.1) is 0 Å². The number of carbonyl (C=O) groups is 1. The fourth-order valence-corrected chi connectivity index (χ4v) is 2.49. The summed E-state index contributed by atoms with van der Waals surface area (Å²) in [6, 6.07) is 14.0. The van der Waals surface area contributed by atoms with E-state index < -0.39 is 0 Å². The molecular formula is C20H25NO2. The van der Waals surface area contributed by atoms with Crippen molar-refractivity contribution in [2.45, 2.75) is 40.0 Å². The lowest BCUT2D eigenvalue weighted by Crippen LogP contribution is -2.20. The van der Waals surface area contributed by atoms with Crippen molar-refractivity contribution in [3.05, 3.63) is 59.2 Å². The minimum Gasteiger partial charge on any atom is -0.483 e. The van der Waals surface area contributed by atoms with Crippen molar-refractivity contribution in [1.29, 1.82) is 0 Å². The van der Waals surface area contributed by atoms with Gasteiger partial charge in [0.2, 0.25) is 0 Å². The van der Waals surface area contributed by atoms with Gasteiger partial charge >= 0.3 is 0 Å². The molecule has 0 heterocycles. The molecule has 0 spiro atoms. The van der Waals surface area contributed by atoms with Crippen LogP contribution in [0.5, 0.6) is 5.75 Å². The van der Waals surface area contributed by atoms with E-state index in [-0.39, 0.29) is 12.5 Å². The highest BCUT2D eigenvalue weighted by molar-refractivity contribution is 5.91. The highest BCUT2D eigenvalue weighted by Crippen LogP contribution is 2.23. The lowest BCUT2D eigenvalue weighted by atomic mass is 9.99. The van der Waals surface area contributed by atoms with Crippen molar-refractivity contribution >= 4 is 11.6 Å². The van der Waals surface area contributed by atoms with Gasteiger partial charge in [0.1, 0.15) is 5.75 Å². The van der Waals surface area contributed by atoms with E-state index in [4.69, 9.17) is 4.74 Å². The molecule has 23 heavy (non-hydrogen) atoms. The van der Waals surface area contributed by atoms with Crippen LogP contribution in [0.1, 0.15) is 42.9 Å². The van der Waals surface area contributed by atoms with Gasteiger partial charge in [-0.2, -0.15) is 0 Å². The summed E-state index contributed by atoms with van der Waals surface area (Å²) in [7, 11) is 0. The quantitative estimate of drug-likeness (QED) is 0.829. The summed E-state index contributed by atoms with van der Waals surface area (Å²) in [5.41, 5.74) is 4.16. The SMILES string of the molecule is CC[C@@H](C)c1ccc(NC(=O)COc2c(C)cccc2C)cc1. The number of amides is 1. The highest BCUT2D eigenvalue weighted by Gasteiger charge is 2.08. The normalized spacial score (nSPS) is 11.8. The Bertz CT molecular complexity index is 642. The molecule has 0 aliphatic carbocycles. The second kappa shape index (κ2) is 7.82. The van der Waals surface area contributed by atoms with Gasteiger partial charge in [-0.3, -0.25) is 4.79 Å². The van der Waals surface area contributed by atoms with E-state index in [0.717, 1.165) is 29.0 Å². The van der Waals surface area contributed by atoms with E-state index in [9.17, 15) is 4.79 Å². The molecule has 0 aliphatic rings. The third kappa shape index (κ3) is 4.59. The number of aryl methyl sites for hydroxylation is 2. The van der Waals surface area contributed by atoms with Crippen LogP contribution in [0.4, 0.5) is 5.69 Å². The van der Waals surface area contributed by atoms with E-state index in [1.54, 1.807) is 0 Å². The van der Waals surface area contributed by atoms with E-state index in [0.29, 0.717) is 5.92 Å². The number of nitrogens with one attached hydrogen (secondary N) is 1. The molecule has 0 bridgehead atoms. The zero-order chi connectivity index (χ0) is 16.8. The van der Waals surface area contributed by atoms with Crippen molar-refractivity contribution in [2.75, 3.05) is 11.9 Å². The Hall–Kier alpha value is -2.29. The Labute approximate surface area is 138 Å². The molecule has 0 saturated carbocycles. The van der Waals surface area contributed by atoms with Gasteiger partial charge in [0.25, 0.3) is 5.91 Å². The molecule has 3 heteroatoms. The van der Waals surface area contributed by atoms with Crippen molar-refractivity contribution in [3.8, 4) is 5.75 Å². The summed E-state index contributed by atoms with van der Waals surface area (Å²) in [6.07, 6.45) is 1.11. The van der Waals surface area contributed by atoms with Crippen LogP contribution < -0.4 is 10.1 Å². The summed E-state index contributed by atoms with van der Waals surface area (Å²) >= 11 is 0. The Kier molecular flexibility index (Phi) is 5.80. The van der Waals surface area contributed by atoms with Crippen molar-refractivity contribution < 1.29 is 9.53 Å². The van der Waals surface area contributed by atoms with E-state index >= 15 is 0 Å². The number of hydrogen-bond donors (Lipinski definition) is 1. The monoisotopic (exact) mass is 311 g/mol. The molecule has 0 aliphatic heterocycles. The topological polar surface area (TPSA) is 38.3 Å². The maximum atomic E-state index is 12.0. The Morgan fingerprint density at radius 2 is 1.70 bits per heavy atom. The maximum Gasteiger partial charge on any atom is 0.262 e. The first-order valence-electron chi connectivity index (χ1n) is 8.10. The first-order chi connectivity index (χ1) is 11.0. The summed E-state index contributed by atoms with van der Waals surface area (Å²) < 4.78 is 5.67. The lowest BCUT2D eigenvalue weighted by molar-refractivity contribution is -0.118. The molecule has 2 aromatic rings. The minimum absolute atomic E-state index is 0.0127. The van der Waals surface area contributed by atoms with E-state index in [2.05, 4.69) is 31.3 Å². The number of para-hydroxylation sites is 1. The summed E-state index contributed by atoms with van der Waals surface area (Å²) in [5, 5.41) is 2.87. The van der Waals surface area contributed by atoms with Crippen LogP contribution in [0.25, 0.3) is 0 Å². The molecule has 1 N–H and O–H groups in total. The molecule has 0 radical (unpaired) electrons. The second-order valence-corrected chi connectivity index (χ2v) is 5.99. The van der Waals surface area contributed by atoms with Gasteiger partial charge in [0.05, 0.1) is 0 Å². The Morgan fingerprint density at radius 1 is 1.09 bits per heavy atom. The highest BCUT2D eigenvalue weighted by atomic mass is 16.5. The molecule has 0 aromatic heterocycles. The first-order valence-corrected chi connectivity index (χ1v) is 8.10. The number of ether oxygens (including phenoxy) is 1. The summed E-state index contributed by atoms with van der Waals surface area (Å²) in [6.45, 7) is 8.34. The van der Waals surface area contributed by atoms with Crippen LogP contribution in [-0.4, -0.2) is 12.5 Å². The molecule has 0 saturated heterocycles. The summed E-state index contributed by atoms with van der Waals surface area (Å²) in [5.74, 6) is 1.17. The number of benzene rings is 2. The number of hydrogen-bond acceptors (Lipinski definition) is 2. The minimum atomic E-state index is -0.149. The van der Waals surface area contributed by atoms with Crippen LogP contribution in [0.15, 0.2) is 42.5 Å². The second-order valence-electron chi connectivity index (χ2n) is 5.99. The standard InChI is InChI=1S/C20H25NO2/c1-5-14(2)17-9-11-18(12-10-17)21-19(22)13-23-20-15(3)7-6-8-16(20)4/h6-12,14H,5,13H2,1-4H3,(H,21,22)/t14-/m1/s1. The molecule has 1 amide bonds. The predicted molar refractivity (Wildman–Crippen MR) is 95.2 cm³/mol. The molecule has 1 atom stereocenters. The molecule has 0 fully saturated rings. The fourth-order valence-electron chi connectivity index (χ4n) is 2.49. The average molecular weight is 311 g/mol. The Morgan fingerprint density at radius 3 is 2.26 bits per heavy atom. The van der Waals surface area contributed by atoms with Crippen LogP contribution in [0.2, 0.25) is 0 Å². The molecular weight excluding hydrogens is 286 g/mol. The largest absolute Gasteiger partial charge is 0.483 e. The number of rotatable bonds is 6. The van der Waals surface area contributed by atoms with Gasteiger partial charge in [0.15, 0.2) is 6.61 Å². The van der Waals surface area contributed by atoms with Crippen molar-refractivity contribution in [2.24, 2.45) is 0 Å². The van der Waals surface area contributed by atoms with Crippen LogP contribution in [0.3, 0.4) is 0 Å². The first kappa shape index (κ1) is 17.1. The van der Waals surface area contributed by atoms with E-state index in [1.165, 1.54) is 5.56 Å². The van der Waals surface area contributed by atoms with Crippen LogP contribution in [0, 0.1) is 13.8 Å². The fraction of sp³-hybridized carbons (Fsp3) is 0.350. The lowest BCUT2D eigenvalue weighted by Gasteiger charge is -2.13. The zero-order valence-corrected chi connectivity index (χ0v) is 14.3.